The van der Waals surface area contributed by atoms with Crippen LogP contribution in [0.3, 0.4) is 0 Å². The van der Waals surface area contributed by atoms with Crippen molar-refractivity contribution in [2.45, 2.75) is 26.2 Å². The second kappa shape index (κ2) is 11.6. The molecule has 0 radical (unpaired) electrons. The second-order valence-corrected chi connectivity index (χ2v) is 6.02. The minimum Gasteiger partial charge on any atom is -0.357 e. The molecule has 0 atom stereocenters. The minimum absolute atomic E-state index is 0. The van der Waals surface area contributed by atoms with E-state index in [1.54, 1.807) is 19.2 Å². The first-order valence-electron chi connectivity index (χ1n) is 8.82. The quantitative estimate of drug-likeness (QED) is 0.307. The number of amides is 1. The molecule has 0 aromatic heterocycles. The van der Waals surface area contributed by atoms with Crippen molar-refractivity contribution in [3.8, 4) is 0 Å². The van der Waals surface area contributed by atoms with Gasteiger partial charge in [0.05, 0.1) is 12.1 Å². The van der Waals surface area contributed by atoms with Crippen molar-refractivity contribution in [3.63, 3.8) is 0 Å². The van der Waals surface area contributed by atoms with Gasteiger partial charge >= 0.3 is 6.18 Å². The monoisotopic (exact) mass is 520 g/mol. The first kappa shape index (κ1) is 24.7. The molecule has 0 saturated carbocycles. The van der Waals surface area contributed by atoms with Crippen molar-refractivity contribution in [3.05, 3.63) is 70.8 Å². The molecule has 0 heterocycles. The van der Waals surface area contributed by atoms with Gasteiger partial charge in [0.1, 0.15) is 0 Å². The predicted octanol–water partition coefficient (Wildman–Crippen LogP) is 3.94. The van der Waals surface area contributed by atoms with Gasteiger partial charge in [0, 0.05) is 25.7 Å². The summed E-state index contributed by atoms with van der Waals surface area (Å²) in [5.41, 5.74) is 1.55. The van der Waals surface area contributed by atoms with Crippen LogP contribution in [0.1, 0.15) is 34.0 Å². The van der Waals surface area contributed by atoms with Gasteiger partial charge in [0.2, 0.25) is 0 Å². The molecule has 0 bridgehead atoms. The number of guanidine groups is 1. The molecule has 9 heteroatoms. The normalized spacial score (nSPS) is 11.4. The zero-order chi connectivity index (χ0) is 20.6. The third-order valence-electron chi connectivity index (χ3n) is 3.95. The molecule has 0 aliphatic rings. The molecule has 5 nitrogen and oxygen atoms in total. The van der Waals surface area contributed by atoms with Crippen LogP contribution in [0, 0.1) is 0 Å². The summed E-state index contributed by atoms with van der Waals surface area (Å²) in [6, 6.07) is 12.1. The summed E-state index contributed by atoms with van der Waals surface area (Å²) in [4.78, 5) is 16.0. The third kappa shape index (κ3) is 7.92. The Balaban J connectivity index is 0.00000420. The zero-order valence-electron chi connectivity index (χ0n) is 16.1. The Morgan fingerprint density at radius 2 is 1.55 bits per heavy atom. The Morgan fingerprint density at radius 3 is 2.07 bits per heavy atom. The third-order valence-corrected chi connectivity index (χ3v) is 3.95. The fourth-order valence-corrected chi connectivity index (χ4v) is 2.42. The number of nitrogens with zero attached hydrogens (tertiary/aromatic N) is 1. The van der Waals surface area contributed by atoms with E-state index in [1.807, 2.05) is 19.1 Å². The highest BCUT2D eigenvalue weighted by molar-refractivity contribution is 14.0. The Hall–Kier alpha value is -2.30. The van der Waals surface area contributed by atoms with Crippen LogP contribution in [0.15, 0.2) is 53.5 Å². The second-order valence-electron chi connectivity index (χ2n) is 6.02. The molecule has 3 N–H and O–H groups in total. The number of rotatable bonds is 6. The van der Waals surface area contributed by atoms with Gasteiger partial charge < -0.3 is 16.0 Å². The lowest BCUT2D eigenvalue weighted by Crippen LogP contribution is -2.36. The van der Waals surface area contributed by atoms with E-state index in [0.29, 0.717) is 36.7 Å². The molecular weight excluding hydrogens is 496 g/mol. The number of hydrogen-bond donors (Lipinski definition) is 3. The molecule has 2 aromatic rings. The average molecular weight is 520 g/mol. The largest absolute Gasteiger partial charge is 0.416 e. The number of carbonyl (C=O) groups is 1. The summed E-state index contributed by atoms with van der Waals surface area (Å²) in [7, 11) is 1.57. The van der Waals surface area contributed by atoms with E-state index in [4.69, 9.17) is 0 Å². The number of alkyl halides is 3. The lowest BCUT2D eigenvalue weighted by Gasteiger charge is -2.12. The predicted molar refractivity (Wildman–Crippen MR) is 118 cm³/mol. The van der Waals surface area contributed by atoms with E-state index < -0.39 is 11.7 Å². The van der Waals surface area contributed by atoms with Gasteiger partial charge in [-0.1, -0.05) is 24.3 Å². The maximum Gasteiger partial charge on any atom is 0.416 e. The van der Waals surface area contributed by atoms with Crippen molar-refractivity contribution < 1.29 is 18.0 Å². The van der Waals surface area contributed by atoms with Crippen LogP contribution in [-0.2, 0) is 19.3 Å². The first-order valence-corrected chi connectivity index (χ1v) is 8.82. The summed E-state index contributed by atoms with van der Waals surface area (Å²) < 4.78 is 37.9. The number of hydrogen-bond acceptors (Lipinski definition) is 2. The van der Waals surface area contributed by atoms with Gasteiger partial charge in [-0.15, -0.1) is 24.0 Å². The van der Waals surface area contributed by atoms with Crippen LogP contribution in [0.25, 0.3) is 0 Å². The fourth-order valence-electron chi connectivity index (χ4n) is 2.42. The molecule has 1 amide bonds. The molecule has 0 aliphatic heterocycles. The van der Waals surface area contributed by atoms with Gasteiger partial charge in [-0.05, 0) is 42.3 Å². The lowest BCUT2D eigenvalue weighted by molar-refractivity contribution is -0.137. The van der Waals surface area contributed by atoms with Crippen molar-refractivity contribution in [2.24, 2.45) is 4.99 Å². The van der Waals surface area contributed by atoms with Gasteiger partial charge in [-0.3, -0.25) is 4.79 Å². The van der Waals surface area contributed by atoms with Crippen molar-refractivity contribution in [1.29, 1.82) is 0 Å². The number of carbonyl (C=O) groups excluding carboxylic acids is 1. The zero-order valence-corrected chi connectivity index (χ0v) is 18.5. The van der Waals surface area contributed by atoms with Crippen LogP contribution in [0.5, 0.6) is 0 Å². The highest BCUT2D eigenvalue weighted by Gasteiger charge is 2.29. The molecule has 0 aliphatic carbocycles. The Bertz CT molecular complexity index is 806. The minimum atomic E-state index is -4.34. The maximum absolute atomic E-state index is 12.6. The summed E-state index contributed by atoms with van der Waals surface area (Å²) in [6.07, 6.45) is -4.34. The van der Waals surface area contributed by atoms with E-state index in [-0.39, 0.29) is 29.9 Å². The van der Waals surface area contributed by atoms with E-state index >= 15 is 0 Å². The van der Waals surface area contributed by atoms with Crippen molar-refractivity contribution >= 4 is 35.8 Å². The number of halogens is 4. The van der Waals surface area contributed by atoms with Crippen LogP contribution in [0.4, 0.5) is 13.2 Å². The van der Waals surface area contributed by atoms with E-state index in [2.05, 4.69) is 20.9 Å². The molecule has 0 spiro atoms. The van der Waals surface area contributed by atoms with Gasteiger partial charge in [0.15, 0.2) is 5.96 Å². The molecule has 0 saturated heterocycles. The summed E-state index contributed by atoms with van der Waals surface area (Å²) in [6.45, 7) is 3.32. The SMILES string of the molecule is CCNC(=NCc1ccc(C(=O)NC)cc1)NCc1ccc(C(F)(F)F)cc1.I. The van der Waals surface area contributed by atoms with Crippen LogP contribution in [-0.4, -0.2) is 25.5 Å². The summed E-state index contributed by atoms with van der Waals surface area (Å²) >= 11 is 0. The van der Waals surface area contributed by atoms with E-state index in [1.165, 1.54) is 12.1 Å². The molecule has 29 heavy (non-hydrogen) atoms. The number of benzene rings is 2. The van der Waals surface area contributed by atoms with Gasteiger partial charge in [-0.2, -0.15) is 13.2 Å². The lowest BCUT2D eigenvalue weighted by atomic mass is 10.1. The summed E-state index contributed by atoms with van der Waals surface area (Å²) in [5.74, 6) is 0.402. The molecule has 0 unspecified atom stereocenters. The Labute approximate surface area is 185 Å². The van der Waals surface area contributed by atoms with Crippen molar-refractivity contribution in [2.75, 3.05) is 13.6 Å². The standard InChI is InChI=1S/C20H23F3N4O.HI/c1-3-25-19(26-12-14-4-8-16(9-5-14)18(28)24-2)27-13-15-6-10-17(11-7-15)20(21,22)23;/h4-11H,3,12-13H2,1-2H3,(H,24,28)(H2,25,26,27);1H. The van der Waals surface area contributed by atoms with Crippen molar-refractivity contribution in [1.82, 2.24) is 16.0 Å². The van der Waals surface area contributed by atoms with Crippen LogP contribution < -0.4 is 16.0 Å². The van der Waals surface area contributed by atoms with Crippen LogP contribution >= 0.6 is 24.0 Å². The highest BCUT2D eigenvalue weighted by Crippen LogP contribution is 2.29. The number of aliphatic imine (C=N–C) groups is 1. The number of nitrogens with one attached hydrogen (secondary N) is 3. The molecular formula is C20H24F3IN4O. The van der Waals surface area contributed by atoms with Gasteiger partial charge in [-0.25, -0.2) is 4.99 Å². The van der Waals surface area contributed by atoms with E-state index in [9.17, 15) is 18.0 Å². The first-order chi connectivity index (χ1) is 13.3. The maximum atomic E-state index is 12.6. The average Bonchev–Trinajstić information content (AvgIpc) is 2.69. The molecule has 158 valence electrons. The molecule has 2 rings (SSSR count). The molecule has 2 aromatic carbocycles. The Morgan fingerprint density at radius 1 is 0.966 bits per heavy atom. The van der Waals surface area contributed by atoms with Gasteiger partial charge in [0.25, 0.3) is 5.91 Å². The smallest absolute Gasteiger partial charge is 0.357 e. The van der Waals surface area contributed by atoms with E-state index in [0.717, 1.165) is 17.7 Å². The molecule has 0 fully saturated rings. The fraction of sp³-hybridized carbons (Fsp3) is 0.300. The Kier molecular flexibility index (Phi) is 9.93. The summed E-state index contributed by atoms with van der Waals surface area (Å²) in [5, 5.41) is 8.75. The highest BCUT2D eigenvalue weighted by atomic mass is 127. The van der Waals surface area contributed by atoms with Crippen LogP contribution in [0.2, 0.25) is 0 Å². The topological polar surface area (TPSA) is 65.5 Å².